The van der Waals surface area contributed by atoms with E-state index in [-0.39, 0.29) is 11.9 Å². The SMILES string of the molecule is CCCOC(=O)c1c(NC(=O)c2ccc(C)c(C)c2)sc2c1CCC(C)C2. The van der Waals surface area contributed by atoms with Crippen LogP contribution in [0.25, 0.3) is 0 Å². The summed E-state index contributed by atoms with van der Waals surface area (Å²) in [6.07, 6.45) is 3.65. The summed E-state index contributed by atoms with van der Waals surface area (Å²) in [6.45, 7) is 8.61. The first-order valence-corrected chi connectivity index (χ1v) is 10.4. The number of amides is 1. The third kappa shape index (κ3) is 4.24. The second-order valence-corrected chi connectivity index (χ2v) is 8.55. The number of benzene rings is 1. The molecule has 0 spiro atoms. The lowest BCUT2D eigenvalue weighted by Gasteiger charge is -2.18. The van der Waals surface area contributed by atoms with Crippen molar-refractivity contribution in [3.8, 4) is 0 Å². The summed E-state index contributed by atoms with van der Waals surface area (Å²) in [5.74, 6) is 0.0903. The molecule has 5 heteroatoms. The molecule has 1 aliphatic rings. The van der Waals surface area contributed by atoms with Gasteiger partial charge in [-0.05, 0) is 74.3 Å². The summed E-state index contributed by atoms with van der Waals surface area (Å²) in [5, 5.41) is 3.61. The Morgan fingerprint density at radius 3 is 2.74 bits per heavy atom. The summed E-state index contributed by atoms with van der Waals surface area (Å²) in [6, 6.07) is 5.65. The van der Waals surface area contributed by atoms with Crippen molar-refractivity contribution < 1.29 is 14.3 Å². The lowest BCUT2D eigenvalue weighted by molar-refractivity contribution is 0.0505. The third-order valence-corrected chi connectivity index (χ3v) is 6.32. The van der Waals surface area contributed by atoms with Crippen molar-refractivity contribution in [3.63, 3.8) is 0 Å². The second kappa shape index (κ2) is 8.26. The van der Waals surface area contributed by atoms with Crippen LogP contribution in [0.1, 0.15) is 69.0 Å². The Morgan fingerprint density at radius 1 is 1.26 bits per heavy atom. The van der Waals surface area contributed by atoms with E-state index in [1.807, 2.05) is 39.0 Å². The molecule has 0 radical (unpaired) electrons. The van der Waals surface area contributed by atoms with E-state index in [0.717, 1.165) is 42.4 Å². The van der Waals surface area contributed by atoms with E-state index < -0.39 is 0 Å². The van der Waals surface area contributed by atoms with Crippen LogP contribution < -0.4 is 5.32 Å². The molecule has 1 N–H and O–H groups in total. The highest BCUT2D eigenvalue weighted by Gasteiger charge is 2.29. The Morgan fingerprint density at radius 2 is 2.04 bits per heavy atom. The zero-order valence-electron chi connectivity index (χ0n) is 16.5. The molecule has 27 heavy (non-hydrogen) atoms. The van der Waals surface area contributed by atoms with Crippen LogP contribution >= 0.6 is 11.3 Å². The Labute approximate surface area is 164 Å². The van der Waals surface area contributed by atoms with E-state index >= 15 is 0 Å². The number of esters is 1. The molecule has 2 aromatic rings. The number of fused-ring (bicyclic) bond motifs is 1. The van der Waals surface area contributed by atoms with E-state index in [4.69, 9.17) is 4.74 Å². The van der Waals surface area contributed by atoms with Crippen molar-refractivity contribution in [3.05, 3.63) is 50.9 Å². The van der Waals surface area contributed by atoms with Crippen molar-refractivity contribution in [2.45, 2.75) is 53.4 Å². The maximum atomic E-state index is 12.8. The minimum absolute atomic E-state index is 0.186. The predicted molar refractivity (Wildman–Crippen MR) is 110 cm³/mol. The average Bonchev–Trinajstić information content (AvgIpc) is 2.98. The van der Waals surface area contributed by atoms with Gasteiger partial charge in [0.2, 0.25) is 0 Å². The molecule has 0 aliphatic heterocycles. The molecule has 4 nitrogen and oxygen atoms in total. The number of hydrogen-bond donors (Lipinski definition) is 1. The van der Waals surface area contributed by atoms with Crippen molar-refractivity contribution in [2.24, 2.45) is 5.92 Å². The zero-order chi connectivity index (χ0) is 19.6. The van der Waals surface area contributed by atoms with Crippen LogP contribution in [0, 0.1) is 19.8 Å². The number of anilines is 1. The minimum Gasteiger partial charge on any atom is -0.462 e. The Balaban J connectivity index is 1.92. The fourth-order valence-corrected chi connectivity index (χ4v) is 4.77. The summed E-state index contributed by atoms with van der Waals surface area (Å²) in [4.78, 5) is 26.7. The number of carbonyl (C=O) groups is 2. The van der Waals surface area contributed by atoms with E-state index in [1.165, 1.54) is 16.2 Å². The van der Waals surface area contributed by atoms with Crippen molar-refractivity contribution in [2.75, 3.05) is 11.9 Å². The number of hydrogen-bond acceptors (Lipinski definition) is 4. The summed E-state index contributed by atoms with van der Waals surface area (Å²) in [7, 11) is 0. The van der Waals surface area contributed by atoms with Gasteiger partial charge in [0.15, 0.2) is 0 Å². The molecular weight excluding hydrogens is 358 g/mol. The highest BCUT2D eigenvalue weighted by Crippen LogP contribution is 2.40. The van der Waals surface area contributed by atoms with Crippen molar-refractivity contribution in [1.82, 2.24) is 0 Å². The number of thiophene rings is 1. The van der Waals surface area contributed by atoms with Gasteiger partial charge in [-0.15, -0.1) is 11.3 Å². The van der Waals surface area contributed by atoms with Crippen molar-refractivity contribution in [1.29, 1.82) is 0 Å². The lowest BCUT2D eigenvalue weighted by Crippen LogP contribution is -2.17. The minimum atomic E-state index is -0.320. The maximum Gasteiger partial charge on any atom is 0.341 e. The quantitative estimate of drug-likeness (QED) is 0.710. The van der Waals surface area contributed by atoms with Gasteiger partial charge in [0.1, 0.15) is 5.00 Å². The van der Waals surface area contributed by atoms with Crippen molar-refractivity contribution >= 4 is 28.2 Å². The first-order valence-electron chi connectivity index (χ1n) is 9.61. The van der Waals surface area contributed by atoms with Gasteiger partial charge in [0.25, 0.3) is 5.91 Å². The standard InChI is InChI=1S/C22H27NO3S/c1-5-10-26-22(25)19-17-9-6-13(2)11-18(17)27-21(19)23-20(24)16-8-7-14(3)15(4)12-16/h7-8,12-13H,5-6,9-11H2,1-4H3,(H,23,24). The molecule has 1 atom stereocenters. The summed E-state index contributed by atoms with van der Waals surface area (Å²) >= 11 is 1.53. The van der Waals surface area contributed by atoms with Gasteiger partial charge < -0.3 is 10.1 Å². The van der Waals surface area contributed by atoms with Crippen LogP contribution in [0.3, 0.4) is 0 Å². The molecule has 1 unspecified atom stereocenters. The second-order valence-electron chi connectivity index (χ2n) is 7.44. The van der Waals surface area contributed by atoms with Gasteiger partial charge in [-0.2, -0.15) is 0 Å². The molecule has 1 amide bonds. The molecule has 1 aromatic heterocycles. The molecule has 1 aliphatic carbocycles. The van der Waals surface area contributed by atoms with Crippen LogP contribution in [0.4, 0.5) is 5.00 Å². The fraction of sp³-hybridized carbons (Fsp3) is 0.455. The molecule has 0 saturated heterocycles. The van der Waals surface area contributed by atoms with E-state index in [2.05, 4.69) is 12.2 Å². The monoisotopic (exact) mass is 385 g/mol. The molecular formula is C22H27NO3S. The predicted octanol–water partition coefficient (Wildman–Crippen LogP) is 5.31. The van der Waals surface area contributed by atoms with Crippen LogP contribution in [-0.4, -0.2) is 18.5 Å². The summed E-state index contributed by atoms with van der Waals surface area (Å²) in [5.41, 5.74) is 4.45. The third-order valence-electron chi connectivity index (χ3n) is 5.15. The maximum absolute atomic E-state index is 12.8. The molecule has 0 bridgehead atoms. The highest BCUT2D eigenvalue weighted by atomic mass is 32.1. The number of aryl methyl sites for hydroxylation is 2. The Hall–Kier alpha value is -2.14. The van der Waals surface area contributed by atoms with Crippen LogP contribution in [-0.2, 0) is 17.6 Å². The summed E-state index contributed by atoms with van der Waals surface area (Å²) < 4.78 is 5.41. The molecule has 0 fully saturated rings. The van der Waals surface area contributed by atoms with Crippen LogP contribution in [0.2, 0.25) is 0 Å². The molecule has 1 aromatic carbocycles. The average molecular weight is 386 g/mol. The first kappa shape index (κ1) is 19.6. The largest absolute Gasteiger partial charge is 0.462 e. The van der Waals surface area contributed by atoms with Gasteiger partial charge in [0, 0.05) is 10.4 Å². The number of nitrogens with one attached hydrogen (secondary N) is 1. The Kier molecular flexibility index (Phi) is 6.00. The highest BCUT2D eigenvalue weighted by molar-refractivity contribution is 7.17. The first-order chi connectivity index (χ1) is 12.9. The van der Waals surface area contributed by atoms with Crippen LogP contribution in [0.5, 0.6) is 0 Å². The topological polar surface area (TPSA) is 55.4 Å². The van der Waals surface area contributed by atoms with Gasteiger partial charge in [-0.3, -0.25) is 4.79 Å². The molecule has 1 heterocycles. The normalized spacial score (nSPS) is 15.9. The van der Waals surface area contributed by atoms with Gasteiger partial charge in [0.05, 0.1) is 12.2 Å². The lowest BCUT2D eigenvalue weighted by atomic mass is 9.88. The number of rotatable bonds is 5. The van der Waals surface area contributed by atoms with Crippen LogP contribution in [0.15, 0.2) is 18.2 Å². The van der Waals surface area contributed by atoms with Gasteiger partial charge in [-0.25, -0.2) is 4.79 Å². The molecule has 144 valence electrons. The zero-order valence-corrected chi connectivity index (χ0v) is 17.3. The van der Waals surface area contributed by atoms with Gasteiger partial charge >= 0.3 is 5.97 Å². The fourth-order valence-electron chi connectivity index (χ4n) is 3.38. The number of ether oxygens (including phenoxy) is 1. The smallest absolute Gasteiger partial charge is 0.341 e. The van der Waals surface area contributed by atoms with Gasteiger partial charge in [-0.1, -0.05) is 19.9 Å². The van der Waals surface area contributed by atoms with E-state index in [9.17, 15) is 9.59 Å². The van der Waals surface area contributed by atoms with E-state index in [1.54, 1.807) is 0 Å². The molecule has 3 rings (SSSR count). The molecule has 0 saturated carbocycles. The Bertz CT molecular complexity index is 869. The number of carbonyl (C=O) groups excluding carboxylic acids is 2. The van der Waals surface area contributed by atoms with E-state index in [0.29, 0.717) is 28.7 Å².